The van der Waals surface area contributed by atoms with Crippen molar-refractivity contribution in [3.63, 3.8) is 0 Å². The summed E-state index contributed by atoms with van der Waals surface area (Å²) in [5.74, 6) is -9.45. The van der Waals surface area contributed by atoms with Crippen molar-refractivity contribution < 1.29 is 78.5 Å². The van der Waals surface area contributed by atoms with Crippen molar-refractivity contribution in [3.05, 3.63) is 57.1 Å². The number of carbonyl (C=O) groups excluding carboxylic acids is 6. The molecule has 51 heavy (non-hydrogen) atoms. The molecule has 0 bridgehead atoms. The first-order valence-corrected chi connectivity index (χ1v) is 14.7. The van der Waals surface area contributed by atoms with Crippen LogP contribution in [0.2, 0.25) is 10.0 Å². The summed E-state index contributed by atoms with van der Waals surface area (Å²) in [4.78, 5) is 70.0. The molecule has 4 amide bonds. The molecular formula is C29H25Cl2F8N3O9. The van der Waals surface area contributed by atoms with Crippen LogP contribution in [0.15, 0.2) is 24.3 Å². The number of hydrogen-bond acceptors (Lipinski definition) is 9. The fourth-order valence-corrected chi connectivity index (χ4v) is 4.22. The number of imide groups is 1. The lowest BCUT2D eigenvalue weighted by Gasteiger charge is -2.38. The number of esters is 2. The number of ketones is 1. The van der Waals surface area contributed by atoms with Crippen LogP contribution < -0.4 is 15.5 Å². The molecule has 22 heteroatoms. The van der Waals surface area contributed by atoms with Gasteiger partial charge >= 0.3 is 30.3 Å². The van der Waals surface area contributed by atoms with E-state index in [1.54, 1.807) is 19.2 Å². The zero-order valence-corrected chi connectivity index (χ0v) is 27.8. The molecule has 1 heterocycles. The minimum Gasteiger partial charge on any atom is -0.459 e. The molecule has 2 aromatic rings. The number of anilines is 2. The van der Waals surface area contributed by atoms with E-state index in [1.165, 1.54) is 19.2 Å². The third kappa shape index (κ3) is 11.0. The molecule has 3 N–H and O–H groups in total. The first-order chi connectivity index (χ1) is 23.2. The number of benzene rings is 2. The van der Waals surface area contributed by atoms with E-state index in [0.717, 1.165) is 6.07 Å². The minimum atomic E-state index is -5.34. The number of carbonyl (C=O) groups is 6. The Bertz CT molecular complexity index is 1720. The molecule has 1 aliphatic rings. The molecular weight excluding hydrogens is 757 g/mol. The van der Waals surface area contributed by atoms with Crippen LogP contribution in [-0.2, 0) is 23.9 Å². The number of aliphatic hydroxyl groups is 1. The molecule has 1 saturated heterocycles. The van der Waals surface area contributed by atoms with Crippen LogP contribution in [-0.4, -0.2) is 71.0 Å². The molecule has 2 aromatic carbocycles. The molecule has 0 aliphatic carbocycles. The monoisotopic (exact) mass is 781 g/mol. The standard InChI is InChI=1S/C15H13ClF4N2O5.C14H12ClF4NO4/c1-6(2)27-12(24)7-3-10(9(17)4-8(7)16)22-11(23)5-14(26,15(18,19)20)21-13(22)25;1-6(2)24-13(23)7-3-10(9(16)4-8(7)15)20-12(22)5-11(21)14(17,18)19/h3-4,6,26H,5H2,1-2H3,(H,21,25);3-4,6H,5H2,1-2H3,(H,20,22). The maximum Gasteiger partial charge on any atom is 0.450 e. The van der Waals surface area contributed by atoms with Gasteiger partial charge in [0.2, 0.25) is 23.3 Å². The van der Waals surface area contributed by atoms with E-state index in [0.29, 0.717) is 18.2 Å². The summed E-state index contributed by atoms with van der Waals surface area (Å²) in [5.41, 5.74) is -5.90. The van der Waals surface area contributed by atoms with E-state index in [-0.39, 0.29) is 15.5 Å². The van der Waals surface area contributed by atoms with Gasteiger partial charge in [0.05, 0.1) is 57.6 Å². The normalized spacial score (nSPS) is 16.3. The zero-order chi connectivity index (χ0) is 39.4. The summed E-state index contributed by atoms with van der Waals surface area (Å²) in [5, 5.41) is 11.8. The zero-order valence-electron chi connectivity index (χ0n) is 26.3. The summed E-state index contributed by atoms with van der Waals surface area (Å²) in [7, 11) is 0. The number of halogens is 10. The highest BCUT2D eigenvalue weighted by Crippen LogP contribution is 2.37. The Hall–Kier alpha value is -4.56. The predicted molar refractivity (Wildman–Crippen MR) is 160 cm³/mol. The molecule has 0 spiro atoms. The highest BCUT2D eigenvalue weighted by atomic mass is 35.5. The number of amides is 4. The second-order valence-electron chi connectivity index (χ2n) is 10.8. The molecule has 280 valence electrons. The second kappa shape index (κ2) is 16.2. The lowest BCUT2D eigenvalue weighted by atomic mass is 10.0. The average molecular weight is 782 g/mol. The van der Waals surface area contributed by atoms with E-state index in [1.807, 2.05) is 0 Å². The topological polar surface area (TPSA) is 168 Å². The Morgan fingerprint density at radius 2 is 1.35 bits per heavy atom. The number of ether oxygens (including phenoxy) is 2. The Morgan fingerprint density at radius 1 is 0.882 bits per heavy atom. The van der Waals surface area contributed by atoms with E-state index in [9.17, 15) is 69.0 Å². The Morgan fingerprint density at radius 3 is 1.78 bits per heavy atom. The van der Waals surface area contributed by atoms with Crippen molar-refractivity contribution in [2.24, 2.45) is 0 Å². The van der Waals surface area contributed by atoms with E-state index in [2.05, 4.69) is 0 Å². The molecule has 0 saturated carbocycles. The number of urea groups is 1. The average Bonchev–Trinajstić information content (AvgIpc) is 2.93. The second-order valence-corrected chi connectivity index (χ2v) is 11.7. The first-order valence-electron chi connectivity index (χ1n) is 13.9. The van der Waals surface area contributed by atoms with E-state index < -0.39 is 112 Å². The van der Waals surface area contributed by atoms with Gasteiger partial charge in [-0.3, -0.25) is 14.4 Å². The smallest absolute Gasteiger partial charge is 0.450 e. The van der Waals surface area contributed by atoms with Crippen LogP contribution >= 0.6 is 23.2 Å². The van der Waals surface area contributed by atoms with Crippen LogP contribution in [0.4, 0.5) is 51.3 Å². The van der Waals surface area contributed by atoms with Gasteiger partial charge in [-0.15, -0.1) is 0 Å². The fraction of sp³-hybridized carbons (Fsp3) is 0.379. The van der Waals surface area contributed by atoms with Crippen LogP contribution in [0.1, 0.15) is 61.3 Å². The first kappa shape index (κ1) is 42.6. The fourth-order valence-electron chi connectivity index (χ4n) is 3.77. The SMILES string of the molecule is CC(C)OC(=O)c1cc(N2C(=O)CC(O)(C(F)(F)F)NC2=O)c(F)cc1Cl.CC(C)OC(=O)c1cc(NC(=O)CC(=O)C(F)(F)F)c(F)cc1Cl. The van der Waals surface area contributed by atoms with Crippen LogP contribution in [0.25, 0.3) is 0 Å². The van der Waals surface area contributed by atoms with Gasteiger partial charge in [-0.2, -0.15) is 26.3 Å². The maximum absolute atomic E-state index is 14.2. The van der Waals surface area contributed by atoms with Gasteiger partial charge in [0, 0.05) is 0 Å². The Kier molecular flexibility index (Phi) is 13.5. The van der Waals surface area contributed by atoms with Gasteiger partial charge in [-0.25, -0.2) is 28.1 Å². The van der Waals surface area contributed by atoms with Crippen LogP contribution in [0.5, 0.6) is 0 Å². The number of rotatable bonds is 8. The number of Topliss-reactive ketones (excluding diaryl/α,β-unsaturated/α-hetero) is 1. The quantitative estimate of drug-likeness (QED) is 0.159. The summed E-state index contributed by atoms with van der Waals surface area (Å²) in [6.45, 7) is 6.16. The Balaban J connectivity index is 0.000000356. The highest BCUT2D eigenvalue weighted by Gasteiger charge is 2.60. The van der Waals surface area contributed by atoms with Crippen LogP contribution in [0, 0.1) is 11.6 Å². The van der Waals surface area contributed by atoms with Crippen LogP contribution in [0.3, 0.4) is 0 Å². The lowest BCUT2D eigenvalue weighted by Crippen LogP contribution is -2.68. The molecule has 1 fully saturated rings. The summed E-state index contributed by atoms with van der Waals surface area (Å²) in [6, 6.07) is 1.10. The van der Waals surface area contributed by atoms with Crippen molar-refractivity contribution in [3.8, 4) is 0 Å². The number of nitrogens with zero attached hydrogens (tertiary/aromatic N) is 1. The third-order valence-corrected chi connectivity index (χ3v) is 6.64. The molecule has 0 aromatic heterocycles. The number of hydrogen-bond donors (Lipinski definition) is 3. The van der Waals surface area contributed by atoms with Gasteiger partial charge in [0.15, 0.2) is 0 Å². The van der Waals surface area contributed by atoms with Crippen molar-refractivity contribution >= 4 is 70.1 Å². The minimum absolute atomic E-state index is 0.0397. The van der Waals surface area contributed by atoms with Gasteiger partial charge in [0.25, 0.3) is 0 Å². The van der Waals surface area contributed by atoms with Crippen molar-refractivity contribution in [2.75, 3.05) is 10.2 Å². The summed E-state index contributed by atoms with van der Waals surface area (Å²) < 4.78 is 112. The van der Waals surface area contributed by atoms with E-state index in [4.69, 9.17) is 32.7 Å². The van der Waals surface area contributed by atoms with Gasteiger partial charge < -0.3 is 25.2 Å². The predicted octanol–water partition coefficient (Wildman–Crippen LogP) is 6.25. The van der Waals surface area contributed by atoms with Gasteiger partial charge in [-0.1, -0.05) is 23.2 Å². The molecule has 1 aliphatic heterocycles. The Labute approximate surface area is 291 Å². The molecule has 0 radical (unpaired) electrons. The van der Waals surface area contributed by atoms with Crippen molar-refractivity contribution in [1.82, 2.24) is 5.32 Å². The highest BCUT2D eigenvalue weighted by molar-refractivity contribution is 6.34. The lowest BCUT2D eigenvalue weighted by molar-refractivity contribution is -0.269. The van der Waals surface area contributed by atoms with Crippen molar-refractivity contribution in [1.29, 1.82) is 0 Å². The summed E-state index contributed by atoms with van der Waals surface area (Å²) >= 11 is 11.5. The molecule has 1 atom stereocenters. The molecule has 12 nitrogen and oxygen atoms in total. The maximum atomic E-state index is 14.2. The number of nitrogens with one attached hydrogen (secondary N) is 2. The number of alkyl halides is 6. The molecule has 3 rings (SSSR count). The summed E-state index contributed by atoms with van der Waals surface area (Å²) in [6.07, 6.45) is -14.7. The largest absolute Gasteiger partial charge is 0.459 e. The van der Waals surface area contributed by atoms with E-state index >= 15 is 0 Å². The van der Waals surface area contributed by atoms with Crippen molar-refractivity contribution in [2.45, 2.75) is 70.8 Å². The third-order valence-electron chi connectivity index (χ3n) is 6.01. The van der Waals surface area contributed by atoms with Gasteiger partial charge in [0.1, 0.15) is 11.6 Å². The molecule has 1 unspecified atom stereocenters. The van der Waals surface area contributed by atoms with Gasteiger partial charge in [-0.05, 0) is 52.0 Å².